The molecule has 0 amide bonds. The molecule has 10 heavy (non-hydrogen) atoms. The summed E-state index contributed by atoms with van der Waals surface area (Å²) >= 11 is 4.90. The van der Waals surface area contributed by atoms with Crippen molar-refractivity contribution in [3.63, 3.8) is 0 Å². The highest BCUT2D eigenvalue weighted by Gasteiger charge is 2.34. The highest BCUT2D eigenvalue weighted by molar-refractivity contribution is 9.25. The van der Waals surface area contributed by atoms with Gasteiger partial charge in [-0.05, 0) is 45.7 Å². The van der Waals surface area contributed by atoms with E-state index in [1.165, 1.54) is 0 Å². The van der Waals surface area contributed by atoms with E-state index in [4.69, 9.17) is 0 Å². The summed E-state index contributed by atoms with van der Waals surface area (Å²) in [4.78, 5) is 10.6. The van der Waals surface area contributed by atoms with Crippen LogP contribution in [-0.2, 0) is 9.53 Å². The molecule has 0 aliphatic carbocycles. The quantitative estimate of drug-likeness (QED) is 0.572. The van der Waals surface area contributed by atoms with Gasteiger partial charge >= 0.3 is 9.46 Å². The Morgan fingerprint density at radius 1 is 1.60 bits per heavy atom. The van der Waals surface area contributed by atoms with Gasteiger partial charge in [-0.15, -0.1) is 0 Å². The maximum atomic E-state index is 12.5. The summed E-state index contributed by atoms with van der Waals surface area (Å²) < 4.78 is 14.8. The fraction of sp³-hybridized carbons (Fsp3) is 0.800. The minimum absolute atomic E-state index is 0.308. The zero-order chi connectivity index (χ0) is 8.36. The van der Waals surface area contributed by atoms with Gasteiger partial charge in [0.15, 0.2) is 0 Å². The van der Waals surface area contributed by atoms with Crippen LogP contribution in [0.3, 0.4) is 0 Å². The third kappa shape index (κ3) is 4.22. The van der Waals surface area contributed by atoms with E-state index < -0.39 is 9.46 Å². The van der Waals surface area contributed by atoms with Crippen molar-refractivity contribution in [1.29, 1.82) is 0 Å². The molecule has 0 aliphatic heterocycles. The number of hydrogen-bond donors (Lipinski definition) is 0. The fourth-order valence-corrected chi connectivity index (χ4v) is 0.468. The molecule has 5 heteroatoms. The predicted octanol–water partition coefficient (Wildman–Crippen LogP) is 2.35. The van der Waals surface area contributed by atoms with Gasteiger partial charge in [0, 0.05) is 0 Å². The van der Waals surface area contributed by atoms with Gasteiger partial charge in [0.2, 0.25) is 0 Å². The zero-order valence-corrected chi connectivity index (χ0v) is 8.70. The lowest BCUT2D eigenvalue weighted by Gasteiger charge is -2.11. The molecule has 0 rings (SSSR count). The van der Waals surface area contributed by atoms with Crippen molar-refractivity contribution < 1.29 is 13.9 Å². The Hall–Kier alpha value is 0.360. The van der Waals surface area contributed by atoms with E-state index >= 15 is 0 Å². The van der Waals surface area contributed by atoms with Crippen molar-refractivity contribution in [2.45, 2.75) is 23.4 Å². The lowest BCUT2D eigenvalue weighted by Crippen LogP contribution is -2.24. The van der Waals surface area contributed by atoms with Crippen molar-refractivity contribution in [2.75, 3.05) is 0 Å². The summed E-state index contributed by atoms with van der Waals surface area (Å²) in [5.41, 5.74) is 0. The summed E-state index contributed by atoms with van der Waals surface area (Å²) in [6, 6.07) is 0. The largest absolute Gasteiger partial charge is 0.459 e. The van der Waals surface area contributed by atoms with Gasteiger partial charge in [-0.1, -0.05) is 0 Å². The first-order valence-corrected chi connectivity index (χ1v) is 4.20. The molecule has 0 radical (unpaired) electrons. The Labute approximate surface area is 75.4 Å². The molecule has 2 nitrogen and oxygen atoms in total. The van der Waals surface area contributed by atoms with Gasteiger partial charge in [-0.25, -0.2) is 9.18 Å². The van der Waals surface area contributed by atoms with Crippen LogP contribution in [-0.4, -0.2) is 15.6 Å². The van der Waals surface area contributed by atoms with Gasteiger partial charge in [-0.3, -0.25) is 0 Å². The Kier molecular flexibility index (Phi) is 3.80. The molecule has 0 saturated heterocycles. The average molecular weight is 278 g/mol. The van der Waals surface area contributed by atoms with E-state index in [0.717, 1.165) is 0 Å². The highest BCUT2D eigenvalue weighted by Crippen LogP contribution is 2.29. The topological polar surface area (TPSA) is 26.3 Å². The summed E-state index contributed by atoms with van der Waals surface area (Å²) in [6.45, 7) is 3.28. The van der Waals surface area contributed by atoms with Gasteiger partial charge in [0.1, 0.15) is 0 Å². The number of esters is 1. The second kappa shape index (κ2) is 3.67. The van der Waals surface area contributed by atoms with Crippen LogP contribution in [0.1, 0.15) is 13.8 Å². The van der Waals surface area contributed by atoms with Gasteiger partial charge < -0.3 is 4.74 Å². The average Bonchev–Trinajstić information content (AvgIpc) is 1.60. The summed E-state index contributed by atoms with van der Waals surface area (Å²) in [6.07, 6.45) is -0.308. The SMILES string of the molecule is CC(C)OC(=O)C(F)(Br)Br. The van der Waals surface area contributed by atoms with Crippen LogP contribution in [0.2, 0.25) is 0 Å². The van der Waals surface area contributed by atoms with Crippen molar-refractivity contribution >= 4 is 37.8 Å². The van der Waals surface area contributed by atoms with E-state index in [0.29, 0.717) is 0 Å². The van der Waals surface area contributed by atoms with Crippen molar-refractivity contribution in [1.82, 2.24) is 0 Å². The normalized spacial score (nSPS) is 11.8. The Morgan fingerprint density at radius 3 is 2.10 bits per heavy atom. The first-order chi connectivity index (χ1) is 4.34. The number of rotatable bonds is 2. The molecule has 0 saturated carbocycles. The molecule has 0 fully saturated rings. The second-order valence-electron chi connectivity index (χ2n) is 1.95. The lowest BCUT2D eigenvalue weighted by molar-refractivity contribution is -0.150. The third-order valence-corrected chi connectivity index (χ3v) is 1.22. The Bertz CT molecular complexity index is 130. The number of alkyl halides is 3. The molecule has 0 aromatic carbocycles. The molecule has 0 N–H and O–H groups in total. The lowest BCUT2D eigenvalue weighted by atomic mass is 10.5. The number of carbonyl (C=O) groups excluding carboxylic acids is 1. The molecule has 0 unspecified atom stereocenters. The van der Waals surface area contributed by atoms with E-state index in [-0.39, 0.29) is 6.10 Å². The number of halogens is 3. The van der Waals surface area contributed by atoms with E-state index in [9.17, 15) is 9.18 Å². The summed E-state index contributed by atoms with van der Waals surface area (Å²) in [5.74, 6) is -0.970. The van der Waals surface area contributed by atoms with Crippen LogP contribution in [0.5, 0.6) is 0 Å². The number of carbonyl (C=O) groups is 1. The minimum atomic E-state index is -2.25. The number of hydrogen-bond acceptors (Lipinski definition) is 2. The van der Waals surface area contributed by atoms with E-state index in [1.807, 2.05) is 0 Å². The zero-order valence-electron chi connectivity index (χ0n) is 5.53. The summed E-state index contributed by atoms with van der Waals surface area (Å²) in [7, 11) is 0. The molecular weight excluding hydrogens is 271 g/mol. The molecule has 0 atom stereocenters. The van der Waals surface area contributed by atoms with Crippen LogP contribution in [0, 0.1) is 0 Å². The van der Waals surface area contributed by atoms with Crippen LogP contribution in [0.25, 0.3) is 0 Å². The molecular formula is C5H7Br2FO2. The monoisotopic (exact) mass is 276 g/mol. The van der Waals surface area contributed by atoms with Gasteiger partial charge in [0.25, 0.3) is 0 Å². The van der Waals surface area contributed by atoms with Crippen molar-refractivity contribution in [3.8, 4) is 0 Å². The molecule has 60 valence electrons. The van der Waals surface area contributed by atoms with Crippen LogP contribution in [0.4, 0.5) is 4.39 Å². The second-order valence-corrected chi connectivity index (χ2v) is 5.20. The maximum absolute atomic E-state index is 12.5. The highest BCUT2D eigenvalue weighted by atomic mass is 79.9. The smallest absolute Gasteiger partial charge is 0.366 e. The molecule has 0 aromatic heterocycles. The summed E-state index contributed by atoms with van der Waals surface area (Å²) in [5, 5.41) is 0. The van der Waals surface area contributed by atoms with Crippen LogP contribution < -0.4 is 0 Å². The first-order valence-electron chi connectivity index (χ1n) is 2.62. The Balaban J connectivity index is 3.87. The molecule has 0 spiro atoms. The Morgan fingerprint density at radius 2 is 2.00 bits per heavy atom. The maximum Gasteiger partial charge on any atom is 0.366 e. The fourth-order valence-electron chi connectivity index (χ4n) is 0.281. The van der Waals surface area contributed by atoms with Crippen LogP contribution in [0.15, 0.2) is 0 Å². The molecule has 0 heterocycles. The molecule has 0 bridgehead atoms. The minimum Gasteiger partial charge on any atom is -0.459 e. The van der Waals surface area contributed by atoms with E-state index in [1.54, 1.807) is 13.8 Å². The predicted molar refractivity (Wildman–Crippen MR) is 42.9 cm³/mol. The first kappa shape index (κ1) is 10.4. The van der Waals surface area contributed by atoms with Crippen molar-refractivity contribution in [3.05, 3.63) is 0 Å². The standard InChI is InChI=1S/C5H7Br2FO2/c1-3(2)10-4(9)5(6,7)8/h3H,1-2H3. The molecule has 0 aromatic rings. The van der Waals surface area contributed by atoms with Gasteiger partial charge in [0.05, 0.1) is 6.10 Å². The van der Waals surface area contributed by atoms with Crippen LogP contribution >= 0.6 is 31.9 Å². The van der Waals surface area contributed by atoms with Gasteiger partial charge in [-0.2, -0.15) is 0 Å². The van der Waals surface area contributed by atoms with E-state index in [2.05, 4.69) is 36.6 Å². The van der Waals surface area contributed by atoms with Crippen molar-refractivity contribution in [2.24, 2.45) is 0 Å². The number of ether oxygens (including phenoxy) is 1. The third-order valence-electron chi connectivity index (χ3n) is 0.574. The molecule has 0 aliphatic rings.